The summed E-state index contributed by atoms with van der Waals surface area (Å²) in [6.45, 7) is 7.10. The van der Waals surface area contributed by atoms with Crippen LogP contribution in [-0.4, -0.2) is 32.8 Å². The Kier molecular flexibility index (Phi) is 7.01. The predicted molar refractivity (Wildman–Crippen MR) is 105 cm³/mol. The van der Waals surface area contributed by atoms with E-state index < -0.39 is 26.9 Å². The quantitative estimate of drug-likeness (QED) is 0.687. The van der Waals surface area contributed by atoms with E-state index in [1.54, 1.807) is 25.1 Å². The van der Waals surface area contributed by atoms with Gasteiger partial charge in [0.2, 0.25) is 0 Å². The van der Waals surface area contributed by atoms with Crippen LogP contribution in [0.2, 0.25) is 0 Å². The van der Waals surface area contributed by atoms with E-state index in [1.165, 1.54) is 18.4 Å². The van der Waals surface area contributed by atoms with Gasteiger partial charge in [-0.15, -0.1) is 0 Å². The predicted octanol–water partition coefficient (Wildman–Crippen LogP) is 2.44. The van der Waals surface area contributed by atoms with Crippen LogP contribution in [0.4, 0.5) is 0 Å². The molecule has 0 aliphatic carbocycles. The molecule has 2 amide bonds. The number of carbonyl (C=O) groups is 2. The summed E-state index contributed by atoms with van der Waals surface area (Å²) in [6, 6.07) is 7.82. The van der Waals surface area contributed by atoms with Crippen LogP contribution in [0.15, 0.2) is 45.9 Å². The standard InChI is InChI=1S/C20H26N2O5S/c1-5-15(4)22-20(24)19(23)21-12-18(17-7-6-10-27-17)28(25,26)16-9-8-13(2)14(3)11-16/h6-11,15,18H,5,12H2,1-4H3,(H,21,23)(H,22,24)/t15-,18+/m1/s1. The lowest BCUT2D eigenvalue weighted by Crippen LogP contribution is -2.45. The average Bonchev–Trinajstić information content (AvgIpc) is 3.17. The summed E-state index contributed by atoms with van der Waals surface area (Å²) < 4.78 is 31.7. The smallest absolute Gasteiger partial charge is 0.309 e. The molecule has 1 heterocycles. The Hall–Kier alpha value is -2.61. The van der Waals surface area contributed by atoms with Crippen molar-refractivity contribution in [3.05, 3.63) is 53.5 Å². The minimum Gasteiger partial charge on any atom is -0.468 e. The first-order chi connectivity index (χ1) is 13.2. The van der Waals surface area contributed by atoms with E-state index in [2.05, 4.69) is 10.6 Å². The van der Waals surface area contributed by atoms with Crippen molar-refractivity contribution >= 4 is 21.7 Å². The molecule has 0 spiro atoms. The molecule has 1 aromatic carbocycles. The molecule has 8 heteroatoms. The Morgan fingerprint density at radius 1 is 1.11 bits per heavy atom. The molecule has 0 aliphatic heterocycles. The largest absolute Gasteiger partial charge is 0.468 e. The fraction of sp³-hybridized carbons (Fsp3) is 0.400. The van der Waals surface area contributed by atoms with E-state index in [0.717, 1.165) is 11.1 Å². The van der Waals surface area contributed by atoms with Crippen molar-refractivity contribution < 1.29 is 22.4 Å². The molecule has 0 saturated carbocycles. The highest BCUT2D eigenvalue weighted by Gasteiger charge is 2.32. The molecular weight excluding hydrogens is 380 g/mol. The van der Waals surface area contributed by atoms with Gasteiger partial charge in [-0.25, -0.2) is 8.42 Å². The summed E-state index contributed by atoms with van der Waals surface area (Å²) in [5.74, 6) is -1.48. The number of furan rings is 1. The Labute approximate surface area is 165 Å². The van der Waals surface area contributed by atoms with Gasteiger partial charge in [0.15, 0.2) is 9.84 Å². The number of amides is 2. The van der Waals surface area contributed by atoms with Crippen molar-refractivity contribution in [2.24, 2.45) is 0 Å². The molecule has 28 heavy (non-hydrogen) atoms. The average molecular weight is 407 g/mol. The molecule has 0 bridgehead atoms. The highest BCUT2D eigenvalue weighted by atomic mass is 32.2. The van der Waals surface area contributed by atoms with E-state index in [0.29, 0.717) is 6.42 Å². The zero-order valence-corrected chi connectivity index (χ0v) is 17.3. The van der Waals surface area contributed by atoms with Crippen molar-refractivity contribution in [2.45, 2.75) is 50.3 Å². The molecule has 0 radical (unpaired) electrons. The Morgan fingerprint density at radius 2 is 1.82 bits per heavy atom. The van der Waals surface area contributed by atoms with Crippen LogP contribution in [0.5, 0.6) is 0 Å². The maximum absolute atomic E-state index is 13.2. The third-order valence-electron chi connectivity index (χ3n) is 4.69. The Bertz CT molecular complexity index is 936. The van der Waals surface area contributed by atoms with Crippen molar-refractivity contribution in [3.8, 4) is 0 Å². The highest BCUT2D eigenvalue weighted by Crippen LogP contribution is 2.29. The number of hydrogen-bond donors (Lipinski definition) is 2. The van der Waals surface area contributed by atoms with Crippen LogP contribution in [0.3, 0.4) is 0 Å². The summed E-state index contributed by atoms with van der Waals surface area (Å²) in [4.78, 5) is 24.1. The van der Waals surface area contributed by atoms with Gasteiger partial charge in [-0.1, -0.05) is 13.0 Å². The van der Waals surface area contributed by atoms with Crippen LogP contribution in [0.1, 0.15) is 42.4 Å². The number of hydrogen-bond acceptors (Lipinski definition) is 5. The van der Waals surface area contributed by atoms with Gasteiger partial charge in [0.1, 0.15) is 11.0 Å². The summed E-state index contributed by atoms with van der Waals surface area (Å²) in [5, 5.41) is 3.81. The topological polar surface area (TPSA) is 105 Å². The first-order valence-electron chi connectivity index (χ1n) is 9.10. The van der Waals surface area contributed by atoms with Gasteiger partial charge in [0, 0.05) is 12.6 Å². The van der Waals surface area contributed by atoms with E-state index in [1.807, 2.05) is 20.8 Å². The summed E-state index contributed by atoms with van der Waals surface area (Å²) >= 11 is 0. The fourth-order valence-corrected chi connectivity index (χ4v) is 4.22. The van der Waals surface area contributed by atoms with Crippen molar-refractivity contribution in [1.29, 1.82) is 0 Å². The second-order valence-electron chi connectivity index (χ2n) is 6.79. The van der Waals surface area contributed by atoms with Gasteiger partial charge in [0.05, 0.1) is 11.2 Å². The molecule has 0 aliphatic rings. The summed E-state index contributed by atoms with van der Waals surface area (Å²) in [6.07, 6.45) is 2.05. The van der Waals surface area contributed by atoms with Gasteiger partial charge in [-0.05, 0) is 62.6 Å². The Morgan fingerprint density at radius 3 is 2.39 bits per heavy atom. The molecular formula is C20H26N2O5S. The van der Waals surface area contributed by atoms with E-state index >= 15 is 0 Å². The molecule has 7 nitrogen and oxygen atoms in total. The van der Waals surface area contributed by atoms with Crippen LogP contribution in [0, 0.1) is 13.8 Å². The minimum atomic E-state index is -3.85. The van der Waals surface area contributed by atoms with Crippen LogP contribution in [0.25, 0.3) is 0 Å². The number of aryl methyl sites for hydroxylation is 2. The van der Waals surface area contributed by atoms with Crippen LogP contribution >= 0.6 is 0 Å². The summed E-state index contributed by atoms with van der Waals surface area (Å²) in [5.41, 5.74) is 1.82. The minimum absolute atomic E-state index is 0.135. The number of carbonyl (C=O) groups excluding carboxylic acids is 2. The normalized spacial score (nSPS) is 13.6. The first-order valence-corrected chi connectivity index (χ1v) is 10.6. The molecule has 152 valence electrons. The van der Waals surface area contributed by atoms with Crippen molar-refractivity contribution in [1.82, 2.24) is 10.6 Å². The van der Waals surface area contributed by atoms with Gasteiger partial charge in [-0.2, -0.15) is 0 Å². The molecule has 2 N–H and O–H groups in total. The van der Waals surface area contributed by atoms with Crippen LogP contribution in [-0.2, 0) is 19.4 Å². The number of benzene rings is 1. The zero-order valence-electron chi connectivity index (χ0n) is 16.5. The fourth-order valence-electron chi connectivity index (χ4n) is 2.55. The SMILES string of the molecule is CC[C@@H](C)NC(=O)C(=O)NC[C@@H](c1ccco1)S(=O)(=O)c1ccc(C)c(C)c1. The first kappa shape index (κ1) is 21.7. The molecule has 0 unspecified atom stereocenters. The molecule has 1 aromatic heterocycles. The van der Waals surface area contributed by atoms with Crippen molar-refractivity contribution in [2.75, 3.05) is 6.54 Å². The molecule has 2 aromatic rings. The second-order valence-corrected chi connectivity index (χ2v) is 8.92. The lowest BCUT2D eigenvalue weighted by molar-refractivity contribution is -0.139. The number of nitrogens with one attached hydrogen (secondary N) is 2. The molecule has 0 fully saturated rings. The second kappa shape index (κ2) is 9.05. The highest BCUT2D eigenvalue weighted by molar-refractivity contribution is 7.91. The third kappa shape index (κ3) is 5.01. The maximum Gasteiger partial charge on any atom is 0.309 e. The van der Waals surface area contributed by atoms with Crippen molar-refractivity contribution in [3.63, 3.8) is 0 Å². The maximum atomic E-state index is 13.2. The van der Waals surface area contributed by atoms with E-state index in [-0.39, 0.29) is 23.2 Å². The zero-order chi connectivity index (χ0) is 20.9. The summed E-state index contributed by atoms with van der Waals surface area (Å²) in [7, 11) is -3.85. The van der Waals surface area contributed by atoms with E-state index in [4.69, 9.17) is 4.42 Å². The van der Waals surface area contributed by atoms with Gasteiger partial charge in [-0.3, -0.25) is 9.59 Å². The Balaban J connectivity index is 2.25. The van der Waals surface area contributed by atoms with Gasteiger partial charge in [0.25, 0.3) is 0 Å². The number of sulfone groups is 1. The monoisotopic (exact) mass is 406 g/mol. The lowest BCUT2D eigenvalue weighted by Gasteiger charge is -2.18. The van der Waals surface area contributed by atoms with Gasteiger partial charge < -0.3 is 15.1 Å². The van der Waals surface area contributed by atoms with Crippen LogP contribution < -0.4 is 10.6 Å². The molecule has 2 atom stereocenters. The third-order valence-corrected chi connectivity index (χ3v) is 6.75. The van der Waals surface area contributed by atoms with E-state index in [9.17, 15) is 18.0 Å². The molecule has 0 saturated heterocycles. The lowest BCUT2D eigenvalue weighted by atomic mass is 10.1. The van der Waals surface area contributed by atoms with Gasteiger partial charge >= 0.3 is 11.8 Å². The molecule has 2 rings (SSSR count). The number of rotatable bonds is 7.